The van der Waals surface area contributed by atoms with E-state index in [1.54, 1.807) is 11.3 Å². The number of fused-ring (bicyclic) bond motifs is 1. The number of nitrogens with zero attached hydrogens (tertiary/aromatic N) is 2. The minimum Gasteiger partial charge on any atom is -0.370 e. The van der Waals surface area contributed by atoms with Crippen LogP contribution < -0.4 is 11.5 Å². The molecule has 2 rings (SSSR count). The van der Waals surface area contributed by atoms with Gasteiger partial charge in [0.05, 0.1) is 10.2 Å². The van der Waals surface area contributed by atoms with Crippen molar-refractivity contribution in [3.8, 4) is 0 Å². The van der Waals surface area contributed by atoms with Crippen molar-refractivity contribution in [3.63, 3.8) is 0 Å². The minimum absolute atomic E-state index is 0.157. The predicted octanol–water partition coefficient (Wildman–Crippen LogP) is 2.75. The van der Waals surface area contributed by atoms with Gasteiger partial charge >= 0.3 is 0 Å². The molecule has 0 unspecified atom stereocenters. The summed E-state index contributed by atoms with van der Waals surface area (Å²) < 4.78 is 1.21. The molecule has 0 radical (unpaired) electrons. The second kappa shape index (κ2) is 6.33. The molecule has 0 atom stereocenters. The summed E-state index contributed by atoms with van der Waals surface area (Å²) in [5, 5.41) is 1.03. The number of para-hydroxylation sites is 1. The van der Waals surface area contributed by atoms with Gasteiger partial charge in [-0.25, -0.2) is 4.98 Å². The molecule has 19 heavy (non-hydrogen) atoms. The molecule has 2 aromatic rings. The molecular weight excluding hydrogens is 256 g/mol. The molecule has 0 saturated carbocycles. The molecule has 0 aliphatic carbocycles. The van der Waals surface area contributed by atoms with E-state index in [4.69, 9.17) is 11.5 Å². The van der Waals surface area contributed by atoms with Crippen LogP contribution in [0.25, 0.3) is 15.8 Å². The van der Waals surface area contributed by atoms with Gasteiger partial charge in [0, 0.05) is 6.54 Å². The Morgan fingerprint density at radius 3 is 2.79 bits per heavy atom. The number of allylic oxidation sites excluding steroid dienone is 1. The lowest BCUT2D eigenvalue weighted by Gasteiger charge is -2.00. The van der Waals surface area contributed by atoms with Crippen molar-refractivity contribution < 1.29 is 0 Å². The topological polar surface area (TPSA) is 77.3 Å². The lowest BCUT2D eigenvalue weighted by molar-refractivity contribution is 0.765. The van der Waals surface area contributed by atoms with Gasteiger partial charge in [0.1, 0.15) is 5.01 Å². The van der Waals surface area contributed by atoms with Gasteiger partial charge < -0.3 is 11.5 Å². The Morgan fingerprint density at radius 2 is 2.05 bits per heavy atom. The van der Waals surface area contributed by atoms with Crippen LogP contribution in [0.5, 0.6) is 0 Å². The Kier molecular flexibility index (Phi) is 4.52. The van der Waals surface area contributed by atoms with Gasteiger partial charge in [0.25, 0.3) is 0 Å². The highest BCUT2D eigenvalue weighted by atomic mass is 32.1. The Bertz CT molecular complexity index is 563. The first-order valence-corrected chi connectivity index (χ1v) is 7.07. The monoisotopic (exact) mass is 274 g/mol. The molecule has 100 valence electrons. The molecule has 5 heteroatoms. The molecule has 0 bridgehead atoms. The van der Waals surface area contributed by atoms with Crippen LogP contribution in [0.4, 0.5) is 0 Å². The number of aliphatic imine (C=N–C) groups is 1. The number of hydrogen-bond donors (Lipinski definition) is 2. The molecule has 1 aromatic carbocycles. The summed E-state index contributed by atoms with van der Waals surface area (Å²) in [6.07, 6.45) is 2.91. The molecule has 1 heterocycles. The molecule has 0 spiro atoms. The van der Waals surface area contributed by atoms with Crippen LogP contribution in [0.2, 0.25) is 0 Å². The van der Waals surface area contributed by atoms with Crippen molar-refractivity contribution >= 4 is 33.1 Å². The van der Waals surface area contributed by atoms with E-state index in [0.29, 0.717) is 6.54 Å². The molecule has 1 aromatic heterocycles. The number of guanidine groups is 1. The molecule has 0 aliphatic heterocycles. The standard InChI is InChI=1S/C14H18N4S/c1-10(6-4-5-9-17-14(15)16)13-18-11-7-2-3-8-12(11)19-13/h2-3,7-8H,1,4-6,9H2,(H4,15,16,17). The molecule has 0 fully saturated rings. The van der Waals surface area contributed by atoms with Gasteiger partial charge in [-0.2, -0.15) is 0 Å². The maximum atomic E-state index is 5.27. The van der Waals surface area contributed by atoms with Crippen molar-refractivity contribution in [1.82, 2.24) is 4.98 Å². The van der Waals surface area contributed by atoms with Crippen LogP contribution >= 0.6 is 11.3 Å². The Hall–Kier alpha value is -1.88. The second-order valence-corrected chi connectivity index (χ2v) is 5.38. The molecular formula is C14H18N4S. The quantitative estimate of drug-likeness (QED) is 0.483. The van der Waals surface area contributed by atoms with Crippen LogP contribution in [0, 0.1) is 0 Å². The maximum absolute atomic E-state index is 5.27. The SMILES string of the molecule is C=C(CCCCN=C(N)N)c1nc2ccccc2s1. The van der Waals surface area contributed by atoms with Crippen LogP contribution in [0.1, 0.15) is 24.3 Å². The van der Waals surface area contributed by atoms with Gasteiger partial charge in [-0.3, -0.25) is 4.99 Å². The Morgan fingerprint density at radius 1 is 1.26 bits per heavy atom. The summed E-state index contributed by atoms with van der Waals surface area (Å²) >= 11 is 1.70. The van der Waals surface area contributed by atoms with Crippen molar-refractivity contribution in [1.29, 1.82) is 0 Å². The molecule has 0 amide bonds. The fraction of sp³-hybridized carbons (Fsp3) is 0.286. The van der Waals surface area contributed by atoms with E-state index in [-0.39, 0.29) is 5.96 Å². The van der Waals surface area contributed by atoms with Gasteiger partial charge in [0.2, 0.25) is 0 Å². The summed E-state index contributed by atoms with van der Waals surface area (Å²) in [5.41, 5.74) is 12.7. The fourth-order valence-electron chi connectivity index (χ4n) is 1.79. The second-order valence-electron chi connectivity index (χ2n) is 4.35. The van der Waals surface area contributed by atoms with E-state index in [1.165, 1.54) is 4.70 Å². The predicted molar refractivity (Wildman–Crippen MR) is 83.2 cm³/mol. The zero-order valence-electron chi connectivity index (χ0n) is 10.8. The van der Waals surface area contributed by atoms with Gasteiger partial charge in [-0.05, 0) is 37.0 Å². The summed E-state index contributed by atoms with van der Waals surface area (Å²) in [7, 11) is 0. The molecule has 0 saturated heterocycles. The van der Waals surface area contributed by atoms with Crippen LogP contribution in [-0.4, -0.2) is 17.5 Å². The third-order valence-corrected chi connectivity index (χ3v) is 3.92. The third kappa shape index (κ3) is 3.79. The van der Waals surface area contributed by atoms with E-state index in [2.05, 4.69) is 22.6 Å². The zero-order valence-corrected chi connectivity index (χ0v) is 11.6. The van der Waals surface area contributed by atoms with Crippen molar-refractivity contribution in [3.05, 3.63) is 35.9 Å². The molecule has 4 N–H and O–H groups in total. The molecule has 0 aliphatic rings. The van der Waals surface area contributed by atoms with E-state index in [9.17, 15) is 0 Å². The fourth-order valence-corrected chi connectivity index (χ4v) is 2.75. The highest BCUT2D eigenvalue weighted by Crippen LogP contribution is 2.28. The minimum atomic E-state index is 0.157. The largest absolute Gasteiger partial charge is 0.370 e. The van der Waals surface area contributed by atoms with Crippen LogP contribution in [0.15, 0.2) is 35.8 Å². The lowest BCUT2D eigenvalue weighted by atomic mass is 10.1. The van der Waals surface area contributed by atoms with Crippen LogP contribution in [0.3, 0.4) is 0 Å². The zero-order chi connectivity index (χ0) is 13.7. The number of aromatic nitrogens is 1. The first kappa shape index (κ1) is 13.5. The van der Waals surface area contributed by atoms with E-state index in [1.807, 2.05) is 18.2 Å². The number of thiazole rings is 1. The van der Waals surface area contributed by atoms with E-state index < -0.39 is 0 Å². The highest BCUT2D eigenvalue weighted by molar-refractivity contribution is 7.19. The number of unbranched alkanes of at least 4 members (excludes halogenated alkanes) is 1. The van der Waals surface area contributed by atoms with Crippen LogP contribution in [-0.2, 0) is 0 Å². The first-order chi connectivity index (χ1) is 9.16. The average molecular weight is 274 g/mol. The normalized spacial score (nSPS) is 10.5. The average Bonchev–Trinajstić information content (AvgIpc) is 2.81. The number of hydrogen-bond acceptors (Lipinski definition) is 3. The van der Waals surface area contributed by atoms with Crippen molar-refractivity contribution in [2.24, 2.45) is 16.5 Å². The van der Waals surface area contributed by atoms with Crippen molar-refractivity contribution in [2.75, 3.05) is 6.54 Å². The summed E-state index contributed by atoms with van der Waals surface area (Å²) in [4.78, 5) is 8.55. The van der Waals surface area contributed by atoms with E-state index >= 15 is 0 Å². The Balaban J connectivity index is 1.88. The molecule has 4 nitrogen and oxygen atoms in total. The van der Waals surface area contributed by atoms with Crippen molar-refractivity contribution in [2.45, 2.75) is 19.3 Å². The summed E-state index contributed by atoms with van der Waals surface area (Å²) in [6.45, 7) is 4.79. The number of nitrogens with two attached hydrogens (primary N) is 2. The lowest BCUT2D eigenvalue weighted by Crippen LogP contribution is -2.22. The number of rotatable bonds is 6. The highest BCUT2D eigenvalue weighted by Gasteiger charge is 2.06. The van der Waals surface area contributed by atoms with E-state index in [0.717, 1.165) is 35.4 Å². The first-order valence-electron chi connectivity index (χ1n) is 6.26. The maximum Gasteiger partial charge on any atom is 0.185 e. The summed E-state index contributed by atoms with van der Waals surface area (Å²) in [6, 6.07) is 8.15. The van der Waals surface area contributed by atoms with Gasteiger partial charge in [0.15, 0.2) is 5.96 Å². The smallest absolute Gasteiger partial charge is 0.185 e. The van der Waals surface area contributed by atoms with Gasteiger partial charge in [-0.15, -0.1) is 11.3 Å². The number of benzene rings is 1. The summed E-state index contributed by atoms with van der Waals surface area (Å²) in [5.74, 6) is 0.157. The third-order valence-electron chi connectivity index (χ3n) is 2.78. The Labute approximate surface area is 116 Å². The van der Waals surface area contributed by atoms with Gasteiger partial charge in [-0.1, -0.05) is 18.7 Å².